The molecule has 0 heterocycles. The lowest BCUT2D eigenvalue weighted by Gasteiger charge is -2.12. The van der Waals surface area contributed by atoms with Crippen LogP contribution in [0, 0.1) is 0 Å². The third-order valence-electron chi connectivity index (χ3n) is 2.98. The molecule has 3 nitrogen and oxygen atoms in total. The molecule has 0 radical (unpaired) electrons. The van der Waals surface area contributed by atoms with E-state index in [9.17, 15) is 22.8 Å². The third-order valence-corrected chi connectivity index (χ3v) is 3.37. The van der Waals surface area contributed by atoms with E-state index in [-0.39, 0.29) is 11.3 Å². The van der Waals surface area contributed by atoms with Crippen LogP contribution < -0.4 is 5.32 Å². The number of hydrogen-bond acceptors (Lipinski definition) is 2. The average molecular weight is 342 g/mol. The molecule has 1 unspecified atom stereocenters. The Labute approximate surface area is 135 Å². The van der Waals surface area contributed by atoms with Crippen molar-refractivity contribution in [2.24, 2.45) is 0 Å². The molecule has 0 aromatic heterocycles. The first-order valence-corrected chi connectivity index (χ1v) is 6.94. The Morgan fingerprint density at radius 1 is 1.00 bits per heavy atom. The molecule has 1 N–H and O–H groups in total. The third kappa shape index (κ3) is 4.32. The van der Waals surface area contributed by atoms with Crippen LogP contribution in [0.15, 0.2) is 54.6 Å². The summed E-state index contributed by atoms with van der Waals surface area (Å²) in [6.45, 7) is 0. The van der Waals surface area contributed by atoms with Gasteiger partial charge in [0.25, 0.3) is 0 Å². The van der Waals surface area contributed by atoms with Crippen LogP contribution in [0.1, 0.15) is 15.9 Å². The number of hydrogen-bond donors (Lipinski definition) is 1. The quantitative estimate of drug-likeness (QED) is 0.516. The first-order chi connectivity index (χ1) is 10.8. The highest BCUT2D eigenvalue weighted by molar-refractivity contribution is 6.45. The Balaban J connectivity index is 2.11. The van der Waals surface area contributed by atoms with Crippen molar-refractivity contribution in [1.29, 1.82) is 0 Å². The molecule has 1 amide bonds. The second-order valence-corrected chi connectivity index (χ2v) is 5.10. The maximum absolute atomic E-state index is 12.6. The van der Waals surface area contributed by atoms with Gasteiger partial charge in [0.2, 0.25) is 5.91 Å². The van der Waals surface area contributed by atoms with Gasteiger partial charge in [-0.1, -0.05) is 36.4 Å². The first kappa shape index (κ1) is 17.0. The Kier molecular flexibility index (Phi) is 5.05. The molecule has 0 saturated heterocycles. The number of amides is 1. The number of Topliss-reactive ketones (excluding diaryl/α,β-unsaturated/α-hetero) is 1. The van der Waals surface area contributed by atoms with Crippen LogP contribution in [0.2, 0.25) is 0 Å². The summed E-state index contributed by atoms with van der Waals surface area (Å²) in [5.74, 6) is -1.52. The molecule has 1 atom stereocenters. The minimum Gasteiger partial charge on any atom is -0.324 e. The number of halogens is 4. The molecule has 0 spiro atoms. The standard InChI is InChI=1S/C16H11ClF3NO2/c17-13(14(22)10-5-2-1-3-6-10)15(23)21-12-8-4-7-11(9-12)16(18,19)20/h1-9,13H,(H,21,23). The summed E-state index contributed by atoms with van der Waals surface area (Å²) in [6, 6.07) is 12.0. The van der Waals surface area contributed by atoms with Gasteiger partial charge in [0.1, 0.15) is 0 Å². The lowest BCUT2D eigenvalue weighted by atomic mass is 10.1. The smallest absolute Gasteiger partial charge is 0.324 e. The molecule has 0 aliphatic carbocycles. The van der Waals surface area contributed by atoms with Gasteiger partial charge in [-0.3, -0.25) is 9.59 Å². The van der Waals surface area contributed by atoms with Crippen LogP contribution >= 0.6 is 11.6 Å². The molecule has 0 bridgehead atoms. The van der Waals surface area contributed by atoms with Gasteiger partial charge < -0.3 is 5.32 Å². The number of rotatable bonds is 4. The largest absolute Gasteiger partial charge is 0.416 e. The first-order valence-electron chi connectivity index (χ1n) is 6.50. The second-order valence-electron chi connectivity index (χ2n) is 4.66. The van der Waals surface area contributed by atoms with Gasteiger partial charge in [-0.15, -0.1) is 11.6 Å². The maximum atomic E-state index is 12.6. The number of benzene rings is 2. The summed E-state index contributed by atoms with van der Waals surface area (Å²) in [7, 11) is 0. The number of carbonyl (C=O) groups excluding carboxylic acids is 2. The fourth-order valence-corrected chi connectivity index (χ4v) is 2.03. The molecule has 0 saturated carbocycles. The molecule has 2 rings (SSSR count). The normalized spacial score (nSPS) is 12.5. The van der Waals surface area contributed by atoms with Crippen LogP contribution in [-0.4, -0.2) is 17.1 Å². The number of alkyl halides is 4. The summed E-state index contributed by atoms with van der Waals surface area (Å²) in [5.41, 5.74) is -0.751. The van der Waals surface area contributed by atoms with E-state index in [2.05, 4.69) is 5.32 Å². The fourth-order valence-electron chi connectivity index (χ4n) is 1.85. The minimum absolute atomic E-state index is 0.0867. The Morgan fingerprint density at radius 2 is 1.65 bits per heavy atom. The minimum atomic E-state index is -4.53. The predicted octanol–water partition coefficient (Wildman–Crippen LogP) is 4.13. The summed E-state index contributed by atoms with van der Waals surface area (Å²) >= 11 is 5.81. The monoisotopic (exact) mass is 341 g/mol. The summed E-state index contributed by atoms with van der Waals surface area (Å²) < 4.78 is 37.9. The van der Waals surface area contributed by atoms with Crippen molar-refractivity contribution in [2.45, 2.75) is 11.6 Å². The van der Waals surface area contributed by atoms with Crippen molar-refractivity contribution in [1.82, 2.24) is 0 Å². The molecular formula is C16H11ClF3NO2. The van der Waals surface area contributed by atoms with Crippen molar-refractivity contribution < 1.29 is 22.8 Å². The van der Waals surface area contributed by atoms with E-state index in [0.29, 0.717) is 0 Å². The summed E-state index contributed by atoms with van der Waals surface area (Å²) in [6.07, 6.45) is -4.53. The molecule has 0 aliphatic rings. The average Bonchev–Trinajstić information content (AvgIpc) is 2.53. The van der Waals surface area contributed by atoms with E-state index in [4.69, 9.17) is 11.6 Å². The molecule has 2 aromatic carbocycles. The highest BCUT2D eigenvalue weighted by Gasteiger charge is 2.31. The van der Waals surface area contributed by atoms with Crippen molar-refractivity contribution in [3.63, 3.8) is 0 Å². The number of ketones is 1. The Hall–Kier alpha value is -2.34. The Bertz CT molecular complexity index is 717. The van der Waals surface area contributed by atoms with Gasteiger partial charge in [-0.2, -0.15) is 13.2 Å². The number of carbonyl (C=O) groups is 2. The fraction of sp³-hybridized carbons (Fsp3) is 0.125. The lowest BCUT2D eigenvalue weighted by Crippen LogP contribution is -2.30. The van der Waals surface area contributed by atoms with Crippen LogP contribution in [-0.2, 0) is 11.0 Å². The molecule has 0 fully saturated rings. The highest BCUT2D eigenvalue weighted by atomic mass is 35.5. The van der Waals surface area contributed by atoms with Gasteiger partial charge in [-0.25, -0.2) is 0 Å². The summed E-state index contributed by atoms with van der Waals surface area (Å²) in [4.78, 5) is 24.0. The predicted molar refractivity (Wildman–Crippen MR) is 80.5 cm³/mol. The van der Waals surface area contributed by atoms with Crippen molar-refractivity contribution in [3.05, 3.63) is 65.7 Å². The van der Waals surface area contributed by atoms with Gasteiger partial charge in [0.15, 0.2) is 11.2 Å². The van der Waals surface area contributed by atoms with Gasteiger partial charge in [0.05, 0.1) is 5.56 Å². The van der Waals surface area contributed by atoms with E-state index < -0.39 is 28.8 Å². The van der Waals surface area contributed by atoms with Gasteiger partial charge in [0, 0.05) is 11.3 Å². The zero-order valence-electron chi connectivity index (χ0n) is 11.6. The van der Waals surface area contributed by atoms with Crippen molar-refractivity contribution in [2.75, 3.05) is 5.32 Å². The molecule has 2 aromatic rings. The maximum Gasteiger partial charge on any atom is 0.416 e. The van der Waals surface area contributed by atoms with E-state index >= 15 is 0 Å². The van der Waals surface area contributed by atoms with Crippen molar-refractivity contribution >= 4 is 29.0 Å². The summed E-state index contributed by atoms with van der Waals surface area (Å²) in [5, 5.41) is 0.678. The highest BCUT2D eigenvalue weighted by Crippen LogP contribution is 2.30. The molecule has 120 valence electrons. The van der Waals surface area contributed by atoms with E-state index in [0.717, 1.165) is 18.2 Å². The lowest BCUT2D eigenvalue weighted by molar-refractivity contribution is -0.137. The van der Waals surface area contributed by atoms with E-state index in [1.54, 1.807) is 18.2 Å². The van der Waals surface area contributed by atoms with Crippen LogP contribution in [0.3, 0.4) is 0 Å². The van der Waals surface area contributed by atoms with Crippen molar-refractivity contribution in [3.8, 4) is 0 Å². The number of nitrogens with one attached hydrogen (secondary N) is 1. The van der Waals surface area contributed by atoms with Gasteiger partial charge >= 0.3 is 6.18 Å². The zero-order chi connectivity index (χ0) is 17.0. The van der Waals surface area contributed by atoms with Crippen LogP contribution in [0.25, 0.3) is 0 Å². The van der Waals surface area contributed by atoms with Crippen LogP contribution in [0.5, 0.6) is 0 Å². The molecular weight excluding hydrogens is 331 g/mol. The molecule has 0 aliphatic heterocycles. The van der Waals surface area contributed by atoms with E-state index in [1.165, 1.54) is 18.2 Å². The van der Waals surface area contributed by atoms with Gasteiger partial charge in [-0.05, 0) is 18.2 Å². The second kappa shape index (κ2) is 6.83. The zero-order valence-corrected chi connectivity index (χ0v) is 12.4. The molecule has 23 heavy (non-hydrogen) atoms. The molecule has 7 heteroatoms. The topological polar surface area (TPSA) is 46.2 Å². The Morgan fingerprint density at radius 3 is 2.26 bits per heavy atom. The van der Waals surface area contributed by atoms with E-state index in [1.807, 2.05) is 0 Å². The van der Waals surface area contributed by atoms with Crippen LogP contribution in [0.4, 0.5) is 18.9 Å². The SMILES string of the molecule is O=C(Nc1cccc(C(F)(F)F)c1)C(Cl)C(=O)c1ccccc1. The number of anilines is 1.